The van der Waals surface area contributed by atoms with E-state index in [-0.39, 0.29) is 5.91 Å². The van der Waals surface area contributed by atoms with Crippen LogP contribution in [-0.4, -0.2) is 10.5 Å². The van der Waals surface area contributed by atoms with E-state index in [2.05, 4.69) is 27.7 Å². The number of nitrogens with zero attached hydrogens (tertiary/aromatic N) is 1. The average molecular weight is 230 g/mol. The summed E-state index contributed by atoms with van der Waals surface area (Å²) in [5.41, 5.74) is 12.1. The van der Waals surface area contributed by atoms with E-state index >= 15 is 0 Å². The zero-order valence-corrected chi connectivity index (χ0v) is 11.0. The number of nitrogens with two attached hydrogens (primary N) is 1. The highest BCUT2D eigenvalue weighted by atomic mass is 16.1. The highest BCUT2D eigenvalue weighted by Crippen LogP contribution is 2.30. The Morgan fingerprint density at radius 3 is 2.12 bits per heavy atom. The van der Waals surface area contributed by atoms with Crippen LogP contribution in [0, 0.1) is 27.7 Å². The van der Waals surface area contributed by atoms with E-state index in [9.17, 15) is 4.79 Å². The van der Waals surface area contributed by atoms with Gasteiger partial charge in [-0.3, -0.25) is 4.79 Å². The van der Waals surface area contributed by atoms with Crippen molar-refractivity contribution in [2.24, 2.45) is 12.8 Å². The first kappa shape index (κ1) is 11.7. The van der Waals surface area contributed by atoms with E-state index in [0.29, 0.717) is 5.69 Å². The Labute approximate surface area is 101 Å². The SMILES string of the molecule is Cc1c(C)c(C)c2c(cc(C(N)=O)n2C)c1C. The maximum atomic E-state index is 11.4. The summed E-state index contributed by atoms with van der Waals surface area (Å²) in [6.45, 7) is 8.42. The maximum absolute atomic E-state index is 11.4. The fourth-order valence-electron chi connectivity index (χ4n) is 2.52. The molecule has 2 N–H and O–H groups in total. The zero-order chi connectivity index (χ0) is 12.9. The smallest absolute Gasteiger partial charge is 0.265 e. The van der Waals surface area contributed by atoms with E-state index in [1.165, 1.54) is 22.3 Å². The van der Waals surface area contributed by atoms with E-state index in [1.54, 1.807) is 0 Å². The van der Waals surface area contributed by atoms with Gasteiger partial charge < -0.3 is 10.3 Å². The fraction of sp³-hybridized carbons (Fsp3) is 0.357. The molecular weight excluding hydrogens is 212 g/mol. The van der Waals surface area contributed by atoms with Gasteiger partial charge in [-0.1, -0.05) is 0 Å². The van der Waals surface area contributed by atoms with Crippen LogP contribution in [0.1, 0.15) is 32.7 Å². The van der Waals surface area contributed by atoms with Crippen molar-refractivity contribution in [1.29, 1.82) is 0 Å². The molecular formula is C14H18N2O. The first-order valence-electron chi connectivity index (χ1n) is 5.71. The number of fused-ring (bicyclic) bond motifs is 1. The van der Waals surface area contributed by atoms with Gasteiger partial charge in [0, 0.05) is 12.4 Å². The van der Waals surface area contributed by atoms with Gasteiger partial charge in [-0.25, -0.2) is 0 Å². The lowest BCUT2D eigenvalue weighted by atomic mass is 9.96. The van der Waals surface area contributed by atoms with Crippen LogP contribution >= 0.6 is 0 Å². The van der Waals surface area contributed by atoms with Crippen molar-refractivity contribution in [3.63, 3.8) is 0 Å². The molecule has 0 saturated carbocycles. The largest absolute Gasteiger partial charge is 0.364 e. The molecule has 0 bridgehead atoms. The van der Waals surface area contributed by atoms with Crippen LogP contribution < -0.4 is 5.73 Å². The quantitative estimate of drug-likeness (QED) is 0.804. The summed E-state index contributed by atoms with van der Waals surface area (Å²) in [6.07, 6.45) is 0. The Bertz CT molecular complexity index is 636. The zero-order valence-electron chi connectivity index (χ0n) is 11.0. The van der Waals surface area contributed by atoms with E-state index in [1.807, 2.05) is 17.7 Å². The molecule has 90 valence electrons. The predicted molar refractivity (Wildman–Crippen MR) is 70.4 cm³/mol. The second-order valence-electron chi connectivity index (χ2n) is 4.72. The van der Waals surface area contributed by atoms with E-state index in [4.69, 9.17) is 5.73 Å². The van der Waals surface area contributed by atoms with Crippen LogP contribution in [-0.2, 0) is 7.05 Å². The number of hydrogen-bond donors (Lipinski definition) is 1. The minimum absolute atomic E-state index is 0.377. The van der Waals surface area contributed by atoms with Crippen LogP contribution in [0.15, 0.2) is 6.07 Å². The number of benzene rings is 1. The van der Waals surface area contributed by atoms with Crippen LogP contribution in [0.5, 0.6) is 0 Å². The molecule has 0 spiro atoms. The minimum Gasteiger partial charge on any atom is -0.364 e. The second kappa shape index (κ2) is 3.62. The Morgan fingerprint density at radius 2 is 1.59 bits per heavy atom. The second-order valence-corrected chi connectivity index (χ2v) is 4.72. The van der Waals surface area contributed by atoms with Gasteiger partial charge in [0.05, 0.1) is 5.52 Å². The highest BCUT2D eigenvalue weighted by molar-refractivity contribution is 6.00. The molecule has 1 heterocycles. The number of aryl methyl sites for hydroxylation is 3. The van der Waals surface area contributed by atoms with Gasteiger partial charge in [0.1, 0.15) is 5.69 Å². The van der Waals surface area contributed by atoms with Crippen molar-refractivity contribution >= 4 is 16.8 Å². The molecule has 0 aliphatic rings. The van der Waals surface area contributed by atoms with E-state index in [0.717, 1.165) is 10.9 Å². The van der Waals surface area contributed by atoms with Gasteiger partial charge in [0.25, 0.3) is 5.91 Å². The number of carbonyl (C=O) groups excluding carboxylic acids is 1. The molecule has 0 aliphatic heterocycles. The van der Waals surface area contributed by atoms with Crippen molar-refractivity contribution in [3.05, 3.63) is 34.0 Å². The van der Waals surface area contributed by atoms with Crippen LogP contribution in [0.3, 0.4) is 0 Å². The van der Waals surface area contributed by atoms with E-state index < -0.39 is 0 Å². The van der Waals surface area contributed by atoms with Crippen LogP contribution in [0.25, 0.3) is 10.9 Å². The van der Waals surface area contributed by atoms with Crippen LogP contribution in [0.4, 0.5) is 0 Å². The third-order valence-corrected chi connectivity index (χ3v) is 3.93. The minimum atomic E-state index is -0.377. The third kappa shape index (κ3) is 1.46. The fourth-order valence-corrected chi connectivity index (χ4v) is 2.52. The monoisotopic (exact) mass is 230 g/mol. The lowest BCUT2D eigenvalue weighted by Crippen LogP contribution is -2.15. The molecule has 0 radical (unpaired) electrons. The Morgan fingerprint density at radius 1 is 1.06 bits per heavy atom. The molecule has 0 fully saturated rings. The molecule has 3 nitrogen and oxygen atoms in total. The van der Waals surface area contributed by atoms with Crippen molar-refractivity contribution < 1.29 is 4.79 Å². The number of amides is 1. The summed E-state index contributed by atoms with van der Waals surface area (Å²) in [7, 11) is 1.89. The predicted octanol–water partition coefficient (Wildman–Crippen LogP) is 2.51. The molecule has 0 aliphatic carbocycles. The third-order valence-electron chi connectivity index (χ3n) is 3.93. The molecule has 0 saturated heterocycles. The Hall–Kier alpha value is -1.77. The summed E-state index contributed by atoms with van der Waals surface area (Å²) in [5.74, 6) is -0.377. The van der Waals surface area contributed by atoms with Gasteiger partial charge in [-0.05, 0) is 56.0 Å². The van der Waals surface area contributed by atoms with Gasteiger partial charge in [0.15, 0.2) is 0 Å². The Kier molecular flexibility index (Phi) is 2.49. The summed E-state index contributed by atoms with van der Waals surface area (Å²) in [4.78, 5) is 11.4. The summed E-state index contributed by atoms with van der Waals surface area (Å²) in [5, 5.41) is 1.13. The topological polar surface area (TPSA) is 48.0 Å². The molecule has 0 unspecified atom stereocenters. The van der Waals surface area contributed by atoms with Crippen molar-refractivity contribution in [3.8, 4) is 0 Å². The molecule has 0 atom stereocenters. The van der Waals surface area contributed by atoms with Gasteiger partial charge >= 0.3 is 0 Å². The summed E-state index contributed by atoms with van der Waals surface area (Å²) < 4.78 is 1.90. The maximum Gasteiger partial charge on any atom is 0.265 e. The summed E-state index contributed by atoms with van der Waals surface area (Å²) in [6, 6.07) is 1.90. The molecule has 2 aromatic rings. The first-order chi connectivity index (χ1) is 7.86. The van der Waals surface area contributed by atoms with Gasteiger partial charge in [0.2, 0.25) is 0 Å². The summed E-state index contributed by atoms with van der Waals surface area (Å²) >= 11 is 0. The highest BCUT2D eigenvalue weighted by Gasteiger charge is 2.16. The molecule has 3 heteroatoms. The van der Waals surface area contributed by atoms with Crippen LogP contribution in [0.2, 0.25) is 0 Å². The number of aromatic nitrogens is 1. The normalized spacial score (nSPS) is 11.1. The molecule has 1 aromatic heterocycles. The molecule has 2 rings (SSSR count). The van der Waals surface area contributed by atoms with Gasteiger partial charge in [-0.15, -0.1) is 0 Å². The molecule has 1 aromatic carbocycles. The lowest BCUT2D eigenvalue weighted by Gasteiger charge is -2.12. The number of primary amides is 1. The number of carbonyl (C=O) groups is 1. The number of rotatable bonds is 1. The van der Waals surface area contributed by atoms with Gasteiger partial charge in [-0.2, -0.15) is 0 Å². The standard InChI is InChI=1S/C14H18N2O/c1-7-8(2)10(4)13-11(9(7)3)6-12(14(15)17)16(13)5/h6H,1-5H3,(H2,15,17). The first-order valence-corrected chi connectivity index (χ1v) is 5.71. The van der Waals surface area contributed by atoms with Crippen molar-refractivity contribution in [1.82, 2.24) is 4.57 Å². The Balaban J connectivity index is 3.02. The number of hydrogen-bond acceptors (Lipinski definition) is 1. The van der Waals surface area contributed by atoms with Crippen molar-refractivity contribution in [2.45, 2.75) is 27.7 Å². The lowest BCUT2D eigenvalue weighted by molar-refractivity contribution is 0.0993. The average Bonchev–Trinajstić information content (AvgIpc) is 2.62. The van der Waals surface area contributed by atoms with Crippen molar-refractivity contribution in [2.75, 3.05) is 0 Å². The molecule has 1 amide bonds. The molecule has 17 heavy (non-hydrogen) atoms.